The fourth-order valence-corrected chi connectivity index (χ4v) is 4.86. The summed E-state index contributed by atoms with van der Waals surface area (Å²) >= 11 is 7.90. The van der Waals surface area contributed by atoms with E-state index in [9.17, 15) is 0 Å². The van der Waals surface area contributed by atoms with E-state index >= 15 is 0 Å². The Hall–Kier alpha value is -0.0500. The molecule has 0 amide bonds. The molecule has 3 unspecified atom stereocenters. The lowest BCUT2D eigenvalue weighted by atomic mass is 9.95. The Morgan fingerprint density at radius 3 is 2.94 bits per heavy atom. The Morgan fingerprint density at radius 1 is 1.22 bits per heavy atom. The Balaban J connectivity index is 1.69. The van der Waals surface area contributed by atoms with E-state index in [2.05, 4.69) is 18.3 Å². The number of nitrogens with one attached hydrogen (secondary N) is 1. The topological polar surface area (TPSA) is 12.0 Å². The summed E-state index contributed by atoms with van der Waals surface area (Å²) in [5.41, 5.74) is 1.49. The minimum absolute atomic E-state index is 0.564. The zero-order chi connectivity index (χ0) is 12.5. The van der Waals surface area contributed by atoms with Gasteiger partial charge >= 0.3 is 0 Å². The second kappa shape index (κ2) is 5.52. The van der Waals surface area contributed by atoms with Crippen LogP contribution in [0.15, 0.2) is 6.07 Å². The molecule has 3 rings (SSSR count). The van der Waals surface area contributed by atoms with Crippen molar-refractivity contribution in [1.29, 1.82) is 0 Å². The molecule has 1 aromatic rings. The number of fused-ring (bicyclic) bond motifs is 1. The molecule has 3 heteroatoms. The van der Waals surface area contributed by atoms with Gasteiger partial charge in [-0.2, -0.15) is 0 Å². The standard InChI is InChI=1S/C15H22ClNS/c1-10-5-3-2-4-6-12(10)17-13-7-8-14-11(13)9-15(16)18-14/h9-10,12-13,17H,2-8H2,1H3. The van der Waals surface area contributed by atoms with Gasteiger partial charge in [-0.05, 0) is 43.2 Å². The largest absolute Gasteiger partial charge is 0.307 e. The Labute approximate surface area is 119 Å². The first kappa shape index (κ1) is 13.0. The maximum absolute atomic E-state index is 6.13. The van der Waals surface area contributed by atoms with Crippen LogP contribution in [0.3, 0.4) is 0 Å². The van der Waals surface area contributed by atoms with Gasteiger partial charge in [-0.3, -0.25) is 0 Å². The third kappa shape index (κ3) is 2.61. The summed E-state index contributed by atoms with van der Waals surface area (Å²) in [5, 5.41) is 3.93. The molecule has 100 valence electrons. The van der Waals surface area contributed by atoms with Gasteiger partial charge in [-0.25, -0.2) is 0 Å². The van der Waals surface area contributed by atoms with Crippen molar-refractivity contribution in [2.24, 2.45) is 5.92 Å². The minimum atomic E-state index is 0.564. The molecule has 0 radical (unpaired) electrons. The van der Waals surface area contributed by atoms with Crippen LogP contribution in [0, 0.1) is 5.92 Å². The number of halogens is 1. The van der Waals surface area contributed by atoms with Crippen LogP contribution in [-0.4, -0.2) is 6.04 Å². The fraction of sp³-hybridized carbons (Fsp3) is 0.733. The van der Waals surface area contributed by atoms with Crippen LogP contribution in [0.25, 0.3) is 0 Å². The van der Waals surface area contributed by atoms with Gasteiger partial charge in [0, 0.05) is 17.0 Å². The van der Waals surface area contributed by atoms with E-state index < -0.39 is 0 Å². The average Bonchev–Trinajstić information content (AvgIpc) is 2.79. The third-order valence-corrected chi connectivity index (χ3v) is 5.96. The van der Waals surface area contributed by atoms with Crippen molar-refractivity contribution >= 4 is 22.9 Å². The summed E-state index contributed by atoms with van der Waals surface area (Å²) in [6, 6.07) is 3.46. The van der Waals surface area contributed by atoms with Crippen LogP contribution in [0.4, 0.5) is 0 Å². The fourth-order valence-electron chi connectivity index (χ4n) is 3.50. The molecular weight excluding hydrogens is 262 g/mol. The minimum Gasteiger partial charge on any atom is -0.307 e. The van der Waals surface area contributed by atoms with E-state index in [0.717, 1.165) is 10.3 Å². The molecule has 0 aromatic carbocycles. The Bertz CT molecular complexity index is 415. The summed E-state index contributed by atoms with van der Waals surface area (Å²) in [7, 11) is 0. The van der Waals surface area contributed by atoms with E-state index in [0.29, 0.717) is 12.1 Å². The van der Waals surface area contributed by atoms with Crippen molar-refractivity contribution in [1.82, 2.24) is 5.32 Å². The summed E-state index contributed by atoms with van der Waals surface area (Å²) in [6.07, 6.45) is 9.45. The van der Waals surface area contributed by atoms with Crippen LogP contribution >= 0.6 is 22.9 Å². The molecule has 1 heterocycles. The molecule has 1 N–H and O–H groups in total. The highest BCUT2D eigenvalue weighted by molar-refractivity contribution is 7.16. The molecule has 0 aliphatic heterocycles. The van der Waals surface area contributed by atoms with E-state index in [1.165, 1.54) is 55.4 Å². The number of hydrogen-bond acceptors (Lipinski definition) is 2. The van der Waals surface area contributed by atoms with Crippen molar-refractivity contribution < 1.29 is 0 Å². The van der Waals surface area contributed by atoms with Gasteiger partial charge in [-0.1, -0.05) is 37.8 Å². The molecule has 18 heavy (non-hydrogen) atoms. The maximum atomic E-state index is 6.13. The second-order valence-electron chi connectivity index (χ2n) is 5.91. The van der Waals surface area contributed by atoms with E-state index in [1.807, 2.05) is 0 Å². The van der Waals surface area contributed by atoms with Crippen LogP contribution in [0.1, 0.15) is 61.9 Å². The van der Waals surface area contributed by atoms with E-state index in [-0.39, 0.29) is 0 Å². The monoisotopic (exact) mass is 283 g/mol. The normalized spacial score (nSPS) is 32.2. The van der Waals surface area contributed by atoms with Crippen LogP contribution in [0.2, 0.25) is 4.34 Å². The molecular formula is C15H22ClNS. The lowest BCUT2D eigenvalue weighted by molar-refractivity contribution is 0.321. The SMILES string of the molecule is CC1CCCCCC1NC1CCc2sc(Cl)cc21. The molecule has 1 nitrogen and oxygen atoms in total. The Kier molecular flexibility index (Phi) is 3.97. The van der Waals surface area contributed by atoms with Crippen LogP contribution < -0.4 is 5.32 Å². The summed E-state index contributed by atoms with van der Waals surface area (Å²) in [6.45, 7) is 2.42. The molecule has 0 spiro atoms. The van der Waals surface area contributed by atoms with Crippen LogP contribution in [-0.2, 0) is 6.42 Å². The van der Waals surface area contributed by atoms with Crippen LogP contribution in [0.5, 0.6) is 0 Å². The predicted octanol–water partition coefficient (Wildman–Crippen LogP) is 4.95. The van der Waals surface area contributed by atoms with Gasteiger partial charge < -0.3 is 5.32 Å². The van der Waals surface area contributed by atoms with Gasteiger partial charge in [0.2, 0.25) is 0 Å². The first-order chi connectivity index (χ1) is 8.74. The maximum Gasteiger partial charge on any atom is 0.0934 e. The lowest BCUT2D eigenvalue weighted by Crippen LogP contribution is -2.36. The highest BCUT2D eigenvalue weighted by Crippen LogP contribution is 2.40. The van der Waals surface area contributed by atoms with Gasteiger partial charge in [-0.15, -0.1) is 11.3 Å². The molecule has 0 bridgehead atoms. The molecule has 1 fully saturated rings. The summed E-state index contributed by atoms with van der Waals surface area (Å²) < 4.78 is 0.959. The second-order valence-corrected chi connectivity index (χ2v) is 7.68. The van der Waals surface area contributed by atoms with Gasteiger partial charge in [0.05, 0.1) is 4.34 Å². The Morgan fingerprint density at radius 2 is 2.06 bits per heavy atom. The van der Waals surface area contributed by atoms with Crippen molar-refractivity contribution in [3.8, 4) is 0 Å². The first-order valence-corrected chi connectivity index (χ1v) is 8.47. The van der Waals surface area contributed by atoms with Crippen molar-refractivity contribution in [2.45, 2.75) is 64.0 Å². The zero-order valence-corrected chi connectivity index (χ0v) is 12.6. The first-order valence-electron chi connectivity index (χ1n) is 7.28. The molecule has 0 saturated heterocycles. The smallest absolute Gasteiger partial charge is 0.0934 e. The predicted molar refractivity (Wildman–Crippen MR) is 79.6 cm³/mol. The van der Waals surface area contributed by atoms with E-state index in [1.54, 1.807) is 11.3 Å². The zero-order valence-electron chi connectivity index (χ0n) is 11.0. The molecule has 3 atom stereocenters. The number of thiophene rings is 1. The highest BCUT2D eigenvalue weighted by atomic mass is 35.5. The molecule has 1 aromatic heterocycles. The quantitative estimate of drug-likeness (QED) is 0.758. The van der Waals surface area contributed by atoms with Gasteiger partial charge in [0.15, 0.2) is 0 Å². The van der Waals surface area contributed by atoms with E-state index in [4.69, 9.17) is 11.6 Å². The summed E-state index contributed by atoms with van der Waals surface area (Å²) in [5.74, 6) is 0.825. The highest BCUT2D eigenvalue weighted by Gasteiger charge is 2.29. The van der Waals surface area contributed by atoms with Gasteiger partial charge in [0.25, 0.3) is 0 Å². The van der Waals surface area contributed by atoms with Crippen molar-refractivity contribution in [3.63, 3.8) is 0 Å². The average molecular weight is 284 g/mol. The molecule has 2 aliphatic rings. The van der Waals surface area contributed by atoms with Crippen molar-refractivity contribution in [3.05, 3.63) is 20.8 Å². The number of rotatable bonds is 2. The number of aryl methyl sites for hydroxylation is 1. The molecule has 1 saturated carbocycles. The third-order valence-electron chi connectivity index (χ3n) is 4.62. The number of hydrogen-bond donors (Lipinski definition) is 1. The van der Waals surface area contributed by atoms with Crippen molar-refractivity contribution in [2.75, 3.05) is 0 Å². The summed E-state index contributed by atoms with van der Waals surface area (Å²) in [4.78, 5) is 1.51. The lowest BCUT2D eigenvalue weighted by Gasteiger charge is -2.27. The van der Waals surface area contributed by atoms with Gasteiger partial charge in [0.1, 0.15) is 0 Å². The molecule has 2 aliphatic carbocycles.